The van der Waals surface area contributed by atoms with Crippen LogP contribution in [0.1, 0.15) is 187 Å². The zero-order valence-corrected chi connectivity index (χ0v) is 39.1. The lowest BCUT2D eigenvalue weighted by Gasteiger charge is -2.41. The van der Waals surface area contributed by atoms with Crippen LogP contribution in [0, 0.1) is 0 Å². The lowest BCUT2D eigenvalue weighted by molar-refractivity contribution is 0.484. The SMILES string of the molecule is c1ccc(-c2cc3c(c(-c4c5c(cc(-c6ccccc6)c4CP(C4CCCCC4)C4CCCCC4)CCCC5)c2CP(C2CCCCC2)C2CCCCC2)CCCC3)cc1. The van der Waals surface area contributed by atoms with Crippen molar-refractivity contribution in [1.82, 2.24) is 0 Å². The van der Waals surface area contributed by atoms with Crippen LogP contribution in [0.5, 0.6) is 0 Å². The summed E-state index contributed by atoms with van der Waals surface area (Å²) in [4.78, 5) is 0. The fourth-order valence-corrected chi connectivity index (χ4v) is 21.4. The Kier molecular flexibility index (Phi) is 14.0. The van der Waals surface area contributed by atoms with Gasteiger partial charge in [-0.25, -0.2) is 0 Å². The first-order valence-electron chi connectivity index (χ1n) is 25.8. The van der Waals surface area contributed by atoms with Crippen LogP contribution in [0.4, 0.5) is 0 Å². The third kappa shape index (κ3) is 9.06. The van der Waals surface area contributed by atoms with Crippen LogP contribution in [0.15, 0.2) is 72.8 Å². The molecule has 0 amide bonds. The number of hydrogen-bond acceptors (Lipinski definition) is 0. The summed E-state index contributed by atoms with van der Waals surface area (Å²) in [6.07, 6.45) is 42.9. The van der Waals surface area contributed by atoms with Gasteiger partial charge in [0.1, 0.15) is 0 Å². The van der Waals surface area contributed by atoms with Crippen LogP contribution in [-0.4, -0.2) is 22.6 Å². The summed E-state index contributed by atoms with van der Waals surface area (Å²) in [5.41, 5.74) is 24.4. The summed E-state index contributed by atoms with van der Waals surface area (Å²) in [6, 6.07) is 29.4. The molecule has 60 heavy (non-hydrogen) atoms. The molecule has 0 bridgehead atoms. The molecule has 0 heterocycles. The van der Waals surface area contributed by atoms with Gasteiger partial charge in [-0.05, 0) is 204 Å². The molecule has 6 aliphatic rings. The highest BCUT2D eigenvalue weighted by Crippen LogP contribution is 2.63. The average Bonchev–Trinajstić information content (AvgIpc) is 3.33. The Labute approximate surface area is 368 Å². The smallest absolute Gasteiger partial charge is 0.00557 e. The van der Waals surface area contributed by atoms with Gasteiger partial charge >= 0.3 is 0 Å². The molecule has 0 unspecified atom stereocenters. The Morgan fingerprint density at radius 1 is 0.350 bits per heavy atom. The predicted octanol–water partition coefficient (Wildman–Crippen LogP) is 17.7. The zero-order chi connectivity index (χ0) is 40.1. The minimum Gasteiger partial charge on any atom is -0.0958 e. The number of benzene rings is 4. The molecular formula is C58H76P2. The van der Waals surface area contributed by atoms with Gasteiger partial charge in [0.25, 0.3) is 0 Å². The zero-order valence-electron chi connectivity index (χ0n) is 37.3. The van der Waals surface area contributed by atoms with Crippen LogP contribution < -0.4 is 0 Å². The predicted molar refractivity (Wildman–Crippen MR) is 265 cm³/mol. The van der Waals surface area contributed by atoms with Crippen LogP contribution in [0.3, 0.4) is 0 Å². The molecule has 10 rings (SSSR count). The van der Waals surface area contributed by atoms with Crippen LogP contribution in [0.2, 0.25) is 0 Å². The molecule has 0 aliphatic heterocycles. The van der Waals surface area contributed by atoms with E-state index in [4.69, 9.17) is 0 Å². The van der Waals surface area contributed by atoms with Crippen LogP contribution in [-0.2, 0) is 38.0 Å². The standard InChI is InChI=1S/C58H76P2/c1-7-23-43(24-8-1)53-39-45-27-19-21-37-51(45)57(55(53)41-59(47-29-11-3-12-30-47)48-31-13-4-14-32-48)58-52-38-22-20-28-46(52)40-54(44-25-9-2-10-26-44)56(58)42-60(49-33-15-5-16-34-49)50-35-17-6-18-36-50/h1-2,7-10,23-26,39-40,47-50H,3-6,11-22,27-38,41-42H2. The summed E-state index contributed by atoms with van der Waals surface area (Å²) in [6.45, 7) is 0. The fraction of sp³-hybridized carbons (Fsp3) is 0.586. The van der Waals surface area contributed by atoms with Gasteiger partial charge in [-0.3, -0.25) is 0 Å². The van der Waals surface area contributed by atoms with Crippen molar-refractivity contribution in [2.24, 2.45) is 0 Å². The second kappa shape index (κ2) is 20.1. The van der Waals surface area contributed by atoms with Crippen molar-refractivity contribution < 1.29 is 0 Å². The Balaban J connectivity index is 1.26. The Bertz CT molecular complexity index is 1820. The Hall–Kier alpha value is -2.26. The van der Waals surface area contributed by atoms with E-state index < -0.39 is 0 Å². The normalized spacial score (nSPS) is 21.3. The third-order valence-electron chi connectivity index (χ3n) is 16.8. The van der Waals surface area contributed by atoms with Gasteiger partial charge in [-0.15, -0.1) is 0 Å². The molecule has 4 aromatic carbocycles. The average molecular weight is 835 g/mol. The van der Waals surface area contributed by atoms with Crippen molar-refractivity contribution >= 4 is 15.8 Å². The molecule has 2 heteroatoms. The maximum Gasteiger partial charge on any atom is -0.00557 e. The van der Waals surface area contributed by atoms with Gasteiger partial charge in [-0.1, -0.05) is 166 Å². The molecule has 0 saturated heterocycles. The van der Waals surface area contributed by atoms with Gasteiger partial charge in [0.15, 0.2) is 0 Å². The molecule has 4 fully saturated rings. The topological polar surface area (TPSA) is 0 Å². The van der Waals surface area contributed by atoms with Crippen molar-refractivity contribution in [2.75, 3.05) is 0 Å². The lowest BCUT2D eigenvalue weighted by Crippen LogP contribution is -2.23. The van der Waals surface area contributed by atoms with Gasteiger partial charge < -0.3 is 0 Å². The molecule has 6 aliphatic carbocycles. The Morgan fingerprint density at radius 3 is 1.00 bits per heavy atom. The number of rotatable bonds is 11. The van der Waals surface area contributed by atoms with E-state index in [0.29, 0.717) is 0 Å². The third-order valence-corrected chi connectivity index (χ3v) is 24.0. The van der Waals surface area contributed by atoms with Gasteiger partial charge in [0.2, 0.25) is 0 Å². The molecule has 0 atom stereocenters. The van der Waals surface area contributed by atoms with E-state index in [1.165, 1.54) is 203 Å². The first-order chi connectivity index (χ1) is 29.8. The van der Waals surface area contributed by atoms with Gasteiger partial charge in [-0.2, -0.15) is 0 Å². The van der Waals surface area contributed by atoms with E-state index in [9.17, 15) is 0 Å². The fourth-order valence-electron chi connectivity index (χ4n) is 13.7. The molecular weight excluding hydrogens is 759 g/mol. The highest BCUT2D eigenvalue weighted by molar-refractivity contribution is 7.58. The van der Waals surface area contributed by atoms with Crippen molar-refractivity contribution in [1.29, 1.82) is 0 Å². The minimum absolute atomic E-state index is 0.105. The van der Waals surface area contributed by atoms with E-state index in [-0.39, 0.29) is 15.8 Å². The molecule has 4 saturated carbocycles. The van der Waals surface area contributed by atoms with E-state index in [1.807, 2.05) is 22.3 Å². The summed E-state index contributed by atoms with van der Waals surface area (Å²) in [5.74, 6) is 0. The highest BCUT2D eigenvalue weighted by atomic mass is 31.1. The monoisotopic (exact) mass is 835 g/mol. The Morgan fingerprint density at radius 2 is 0.667 bits per heavy atom. The quantitative estimate of drug-likeness (QED) is 0.132. The van der Waals surface area contributed by atoms with Crippen molar-refractivity contribution in [2.45, 2.75) is 215 Å². The first-order valence-corrected chi connectivity index (χ1v) is 29.1. The highest BCUT2D eigenvalue weighted by Gasteiger charge is 2.37. The summed E-state index contributed by atoms with van der Waals surface area (Å²) < 4.78 is 0. The molecule has 4 aromatic rings. The van der Waals surface area contributed by atoms with Gasteiger partial charge in [0.05, 0.1) is 0 Å². The van der Waals surface area contributed by atoms with E-state index in [2.05, 4.69) is 72.8 Å². The van der Waals surface area contributed by atoms with Crippen LogP contribution >= 0.6 is 15.8 Å². The van der Waals surface area contributed by atoms with Crippen molar-refractivity contribution in [3.63, 3.8) is 0 Å². The summed E-state index contributed by atoms with van der Waals surface area (Å²) in [5, 5.41) is 0. The molecule has 318 valence electrons. The first kappa shape index (κ1) is 41.7. The van der Waals surface area contributed by atoms with Crippen LogP contribution in [0.25, 0.3) is 33.4 Å². The minimum atomic E-state index is -0.105. The number of hydrogen-bond donors (Lipinski definition) is 0. The molecule has 0 N–H and O–H groups in total. The maximum atomic E-state index is 2.79. The second-order valence-corrected chi connectivity index (χ2v) is 26.1. The second-order valence-electron chi connectivity index (χ2n) is 20.5. The van der Waals surface area contributed by atoms with E-state index in [1.54, 1.807) is 33.4 Å². The largest absolute Gasteiger partial charge is 0.0958 e. The van der Waals surface area contributed by atoms with Crippen molar-refractivity contribution in [3.05, 3.63) is 106 Å². The lowest BCUT2D eigenvalue weighted by atomic mass is 9.74. The van der Waals surface area contributed by atoms with E-state index in [0.717, 1.165) is 22.6 Å². The molecule has 0 nitrogen and oxygen atoms in total. The van der Waals surface area contributed by atoms with Crippen molar-refractivity contribution in [3.8, 4) is 33.4 Å². The van der Waals surface area contributed by atoms with E-state index >= 15 is 0 Å². The van der Waals surface area contributed by atoms with Gasteiger partial charge in [0, 0.05) is 0 Å². The summed E-state index contributed by atoms with van der Waals surface area (Å²) in [7, 11) is -0.210. The maximum absolute atomic E-state index is 2.79. The summed E-state index contributed by atoms with van der Waals surface area (Å²) >= 11 is 0. The number of fused-ring (bicyclic) bond motifs is 2. The molecule has 0 aromatic heterocycles. The number of aryl methyl sites for hydroxylation is 2. The molecule has 0 radical (unpaired) electrons. The molecule has 0 spiro atoms.